The molecule has 0 aliphatic carbocycles. The van der Waals surface area contributed by atoms with Crippen molar-refractivity contribution in [3.63, 3.8) is 0 Å². The second-order valence-corrected chi connectivity index (χ2v) is 3.90. The molecule has 2 rings (SSSR count). The van der Waals surface area contributed by atoms with Crippen molar-refractivity contribution < 1.29 is 4.79 Å². The van der Waals surface area contributed by atoms with Gasteiger partial charge in [0, 0.05) is 11.3 Å². The molecule has 4 nitrogen and oxygen atoms in total. The van der Waals surface area contributed by atoms with Gasteiger partial charge in [0.1, 0.15) is 0 Å². The van der Waals surface area contributed by atoms with Gasteiger partial charge in [0.05, 0.1) is 11.4 Å². The van der Waals surface area contributed by atoms with Crippen molar-refractivity contribution in [2.24, 2.45) is 10.2 Å². The predicted octanol–water partition coefficient (Wildman–Crippen LogP) is 3.89. The number of rotatable bonds is 3. The van der Waals surface area contributed by atoms with Crippen LogP contribution in [0.5, 0.6) is 0 Å². The zero-order chi connectivity index (χ0) is 13.0. The molecule has 0 saturated heterocycles. The molecule has 0 bridgehead atoms. The molecule has 0 fully saturated rings. The number of carbonyl (C=O) groups is 1. The number of Topliss-reactive ketones (excluding diaryl/α,β-unsaturated/α-hetero) is 1. The number of hydrogen-bond donors (Lipinski definition) is 1. The van der Waals surface area contributed by atoms with Crippen LogP contribution in [0.2, 0.25) is 0 Å². The number of hydrogen-bond acceptors (Lipinski definition) is 4. The second-order valence-electron chi connectivity index (χ2n) is 3.90. The second kappa shape index (κ2) is 5.23. The zero-order valence-corrected chi connectivity index (χ0v) is 10.00. The van der Waals surface area contributed by atoms with E-state index < -0.39 is 0 Å². The molecular formula is C14H13N3O. The van der Waals surface area contributed by atoms with Gasteiger partial charge in [-0.15, -0.1) is 0 Å². The molecule has 18 heavy (non-hydrogen) atoms. The van der Waals surface area contributed by atoms with E-state index in [9.17, 15) is 4.79 Å². The minimum absolute atomic E-state index is 0.0135. The highest BCUT2D eigenvalue weighted by Crippen LogP contribution is 2.20. The first kappa shape index (κ1) is 12.0. The topological polar surface area (TPSA) is 67.8 Å². The minimum Gasteiger partial charge on any atom is -0.399 e. The number of azo groups is 1. The summed E-state index contributed by atoms with van der Waals surface area (Å²) in [7, 11) is 0. The third-order valence-corrected chi connectivity index (χ3v) is 2.43. The molecule has 0 heterocycles. The Labute approximate surface area is 105 Å². The summed E-state index contributed by atoms with van der Waals surface area (Å²) in [6, 6.07) is 14.1. The number of nitrogens with two attached hydrogens (primary N) is 1. The van der Waals surface area contributed by atoms with Crippen LogP contribution in [-0.2, 0) is 0 Å². The quantitative estimate of drug-likeness (QED) is 0.501. The van der Waals surface area contributed by atoms with Gasteiger partial charge in [0.25, 0.3) is 0 Å². The maximum Gasteiger partial charge on any atom is 0.159 e. The van der Waals surface area contributed by atoms with Gasteiger partial charge in [0.15, 0.2) is 5.78 Å². The number of nitrogens with zero attached hydrogens (tertiary/aromatic N) is 2. The summed E-state index contributed by atoms with van der Waals surface area (Å²) in [4.78, 5) is 11.2. The normalized spacial score (nSPS) is 10.7. The van der Waals surface area contributed by atoms with Gasteiger partial charge in [-0.25, -0.2) is 0 Å². The summed E-state index contributed by atoms with van der Waals surface area (Å²) < 4.78 is 0. The van der Waals surface area contributed by atoms with Crippen molar-refractivity contribution in [3.05, 3.63) is 54.1 Å². The highest BCUT2D eigenvalue weighted by Gasteiger charge is 1.99. The number of ketones is 1. The summed E-state index contributed by atoms with van der Waals surface area (Å²) in [6.45, 7) is 1.52. The Bertz CT molecular complexity index is 588. The molecule has 0 aliphatic heterocycles. The van der Waals surface area contributed by atoms with Crippen LogP contribution < -0.4 is 5.73 Å². The van der Waals surface area contributed by atoms with E-state index in [1.54, 1.807) is 48.5 Å². The van der Waals surface area contributed by atoms with Crippen LogP contribution >= 0.6 is 0 Å². The van der Waals surface area contributed by atoms with E-state index in [-0.39, 0.29) is 5.78 Å². The Morgan fingerprint density at radius 3 is 2.33 bits per heavy atom. The van der Waals surface area contributed by atoms with Crippen molar-refractivity contribution in [2.75, 3.05) is 5.73 Å². The van der Waals surface area contributed by atoms with E-state index >= 15 is 0 Å². The molecule has 0 unspecified atom stereocenters. The fraction of sp³-hybridized carbons (Fsp3) is 0.0714. The lowest BCUT2D eigenvalue weighted by molar-refractivity contribution is 0.101. The van der Waals surface area contributed by atoms with Crippen LogP contribution in [0.15, 0.2) is 58.8 Å². The molecule has 0 radical (unpaired) electrons. The molecule has 90 valence electrons. The molecule has 0 atom stereocenters. The standard InChI is InChI=1S/C14H13N3O/c1-10(18)11-3-2-4-14(9-11)17-16-13-7-5-12(15)6-8-13/h2-9H,15H2,1H3. The van der Waals surface area contributed by atoms with Gasteiger partial charge < -0.3 is 5.73 Å². The molecule has 2 N–H and O–H groups in total. The molecule has 0 aliphatic rings. The Morgan fingerprint density at radius 1 is 1.00 bits per heavy atom. The van der Waals surface area contributed by atoms with Crippen molar-refractivity contribution in [3.8, 4) is 0 Å². The summed E-state index contributed by atoms with van der Waals surface area (Å²) in [5, 5.41) is 8.16. The van der Waals surface area contributed by atoms with E-state index in [1.807, 2.05) is 0 Å². The molecule has 0 aromatic heterocycles. The number of nitrogen functional groups attached to an aromatic ring is 1. The van der Waals surface area contributed by atoms with Crippen molar-refractivity contribution in [1.29, 1.82) is 0 Å². The van der Waals surface area contributed by atoms with Gasteiger partial charge in [-0.3, -0.25) is 4.79 Å². The lowest BCUT2D eigenvalue weighted by atomic mass is 10.1. The molecule has 2 aromatic rings. The van der Waals surface area contributed by atoms with Crippen LogP contribution in [-0.4, -0.2) is 5.78 Å². The molecule has 2 aromatic carbocycles. The van der Waals surface area contributed by atoms with E-state index in [0.29, 0.717) is 16.9 Å². The zero-order valence-electron chi connectivity index (χ0n) is 10.00. The van der Waals surface area contributed by atoms with Crippen molar-refractivity contribution in [1.82, 2.24) is 0 Å². The first-order valence-corrected chi connectivity index (χ1v) is 5.53. The van der Waals surface area contributed by atoms with E-state index in [4.69, 9.17) is 5.73 Å². The summed E-state index contributed by atoms with van der Waals surface area (Å²) >= 11 is 0. The summed E-state index contributed by atoms with van der Waals surface area (Å²) in [5.41, 5.74) is 8.27. The molecular weight excluding hydrogens is 226 g/mol. The minimum atomic E-state index is 0.0135. The average molecular weight is 239 g/mol. The average Bonchev–Trinajstić information content (AvgIpc) is 2.38. The Balaban J connectivity index is 2.20. The first-order chi connectivity index (χ1) is 8.65. The van der Waals surface area contributed by atoms with Crippen molar-refractivity contribution >= 4 is 22.8 Å². The predicted molar refractivity (Wildman–Crippen MR) is 71.5 cm³/mol. The summed E-state index contributed by atoms with van der Waals surface area (Å²) in [5.74, 6) is 0.0135. The van der Waals surface area contributed by atoms with Crippen LogP contribution in [0.4, 0.5) is 17.1 Å². The summed E-state index contributed by atoms with van der Waals surface area (Å²) in [6.07, 6.45) is 0. The maximum atomic E-state index is 11.2. The Morgan fingerprint density at radius 2 is 1.67 bits per heavy atom. The lowest BCUT2D eigenvalue weighted by Crippen LogP contribution is -1.89. The van der Waals surface area contributed by atoms with Gasteiger partial charge in [-0.05, 0) is 43.3 Å². The Hall–Kier alpha value is -2.49. The van der Waals surface area contributed by atoms with Crippen LogP contribution in [0.3, 0.4) is 0 Å². The Kier molecular flexibility index (Phi) is 3.48. The maximum absolute atomic E-state index is 11.2. The van der Waals surface area contributed by atoms with E-state index in [2.05, 4.69) is 10.2 Å². The fourth-order valence-corrected chi connectivity index (χ4v) is 1.44. The van der Waals surface area contributed by atoms with Crippen LogP contribution in [0, 0.1) is 0 Å². The molecule has 0 saturated carbocycles. The highest BCUT2D eigenvalue weighted by molar-refractivity contribution is 5.94. The fourth-order valence-electron chi connectivity index (χ4n) is 1.44. The van der Waals surface area contributed by atoms with Gasteiger partial charge >= 0.3 is 0 Å². The monoisotopic (exact) mass is 239 g/mol. The first-order valence-electron chi connectivity index (χ1n) is 5.53. The smallest absolute Gasteiger partial charge is 0.159 e. The number of anilines is 1. The van der Waals surface area contributed by atoms with Gasteiger partial charge in [-0.1, -0.05) is 12.1 Å². The van der Waals surface area contributed by atoms with Gasteiger partial charge in [-0.2, -0.15) is 10.2 Å². The molecule has 0 amide bonds. The van der Waals surface area contributed by atoms with Crippen LogP contribution in [0.1, 0.15) is 17.3 Å². The van der Waals surface area contributed by atoms with Crippen molar-refractivity contribution in [2.45, 2.75) is 6.92 Å². The molecule has 0 spiro atoms. The van der Waals surface area contributed by atoms with Crippen LogP contribution in [0.25, 0.3) is 0 Å². The number of benzene rings is 2. The third kappa shape index (κ3) is 3.01. The number of carbonyl (C=O) groups excluding carboxylic acids is 1. The van der Waals surface area contributed by atoms with E-state index in [0.717, 1.165) is 5.69 Å². The SMILES string of the molecule is CC(=O)c1cccc(N=Nc2ccc(N)cc2)c1. The third-order valence-electron chi connectivity index (χ3n) is 2.43. The highest BCUT2D eigenvalue weighted by atomic mass is 16.1. The largest absolute Gasteiger partial charge is 0.399 e. The van der Waals surface area contributed by atoms with E-state index in [1.165, 1.54) is 6.92 Å². The molecule has 4 heteroatoms. The lowest BCUT2D eigenvalue weighted by Gasteiger charge is -1.97. The van der Waals surface area contributed by atoms with Gasteiger partial charge in [0.2, 0.25) is 0 Å².